The Labute approximate surface area is 202 Å². The second-order valence-electron chi connectivity index (χ2n) is 9.80. The van der Waals surface area contributed by atoms with Crippen molar-refractivity contribution in [1.82, 2.24) is 9.80 Å². The summed E-state index contributed by atoms with van der Waals surface area (Å²) in [4.78, 5) is 32.4. The third kappa shape index (κ3) is 3.67. The second kappa shape index (κ2) is 9.38. The summed E-state index contributed by atoms with van der Waals surface area (Å²) in [6, 6.07) is 20.1. The number of likely N-dealkylation sites (tertiary alicyclic amines) is 1. The molecule has 3 aliphatic rings. The number of esters is 1. The van der Waals surface area contributed by atoms with Gasteiger partial charge in [0, 0.05) is 19.1 Å². The number of carbonyl (C=O) groups excluding carboxylic acids is 2. The number of hydrogen-bond acceptors (Lipinski definition) is 4. The number of amides is 1. The summed E-state index contributed by atoms with van der Waals surface area (Å²) in [7, 11) is 3.28. The van der Waals surface area contributed by atoms with Gasteiger partial charge in [0.25, 0.3) is 0 Å². The Balaban J connectivity index is 1.55. The van der Waals surface area contributed by atoms with E-state index in [0.717, 1.165) is 54.6 Å². The van der Waals surface area contributed by atoms with Crippen LogP contribution in [-0.2, 0) is 14.3 Å². The van der Waals surface area contributed by atoms with Crippen LogP contribution in [0.3, 0.4) is 0 Å². The molecule has 0 radical (unpaired) electrons. The van der Waals surface area contributed by atoms with Crippen LogP contribution in [0.15, 0.2) is 60.7 Å². The average Bonchev–Trinajstić information content (AvgIpc) is 3.30. The van der Waals surface area contributed by atoms with Crippen LogP contribution in [0.4, 0.5) is 0 Å². The molecule has 5 rings (SSSR count). The lowest BCUT2D eigenvalue weighted by atomic mass is 9.85. The molecule has 0 unspecified atom stereocenters. The zero-order valence-corrected chi connectivity index (χ0v) is 20.2. The van der Waals surface area contributed by atoms with Crippen LogP contribution in [-0.4, -0.2) is 61.0 Å². The molecule has 2 aromatic rings. The third-order valence-electron chi connectivity index (χ3n) is 8.00. The molecule has 2 aromatic carbocycles. The molecule has 0 spiro atoms. The maximum atomic E-state index is 14.4. The highest BCUT2D eigenvalue weighted by atomic mass is 16.5. The topological polar surface area (TPSA) is 49.9 Å². The quantitative estimate of drug-likeness (QED) is 0.468. The molecule has 178 valence electrons. The summed E-state index contributed by atoms with van der Waals surface area (Å²) in [6.07, 6.45) is 6.85. The highest BCUT2D eigenvalue weighted by Crippen LogP contribution is 2.65. The van der Waals surface area contributed by atoms with Crippen molar-refractivity contribution < 1.29 is 14.3 Å². The van der Waals surface area contributed by atoms with Crippen LogP contribution in [0.5, 0.6) is 0 Å². The Morgan fingerprint density at radius 1 is 0.853 bits per heavy atom. The van der Waals surface area contributed by atoms with Crippen LogP contribution in [0.25, 0.3) is 11.1 Å². The normalized spacial score (nSPS) is 24.1. The van der Waals surface area contributed by atoms with Gasteiger partial charge in [0.1, 0.15) is 0 Å². The molecule has 1 heterocycles. The van der Waals surface area contributed by atoms with E-state index in [0.29, 0.717) is 6.04 Å². The van der Waals surface area contributed by atoms with E-state index in [9.17, 15) is 9.59 Å². The van der Waals surface area contributed by atoms with Crippen molar-refractivity contribution in [2.24, 2.45) is 5.41 Å². The van der Waals surface area contributed by atoms with Crippen LogP contribution < -0.4 is 0 Å². The fraction of sp³-hybridized carbons (Fsp3) is 0.448. The molecule has 34 heavy (non-hydrogen) atoms. The number of benzene rings is 2. The first-order valence-corrected chi connectivity index (χ1v) is 12.6. The second-order valence-corrected chi connectivity index (χ2v) is 9.80. The number of rotatable bonds is 6. The minimum atomic E-state index is -1.39. The Morgan fingerprint density at radius 2 is 1.38 bits per heavy atom. The minimum Gasteiger partial charge on any atom is -0.468 e. The highest BCUT2D eigenvalue weighted by molar-refractivity contribution is 6.39. The molecule has 1 saturated carbocycles. The van der Waals surface area contributed by atoms with Gasteiger partial charge in [-0.25, -0.2) is 0 Å². The lowest BCUT2D eigenvalue weighted by molar-refractivity contribution is -0.154. The van der Waals surface area contributed by atoms with Gasteiger partial charge in [-0.2, -0.15) is 0 Å². The number of carbonyl (C=O) groups is 2. The molecule has 1 saturated heterocycles. The summed E-state index contributed by atoms with van der Waals surface area (Å²) in [5.74, 6) is -0.649. The average molecular weight is 459 g/mol. The standard InChI is InChI=1S/C29H34N2O3/c1-30(23-17-9-10-18-24(23)31-19-11-12-20-31)27(32)29(28(33)34-2)25(21-13-5-3-6-14-21)26(29)22-15-7-4-8-16-22/h3-8,13-16,23-24H,9-12,17-20H2,1-2H3/t23-,24-/m1/s1. The van der Waals surface area contributed by atoms with Gasteiger partial charge in [-0.05, 0) is 61.0 Å². The van der Waals surface area contributed by atoms with E-state index in [-0.39, 0.29) is 11.9 Å². The van der Waals surface area contributed by atoms with E-state index in [1.807, 2.05) is 72.6 Å². The smallest absolute Gasteiger partial charge is 0.330 e. The lowest BCUT2D eigenvalue weighted by Crippen LogP contribution is -2.56. The fourth-order valence-corrected chi connectivity index (χ4v) is 6.33. The summed E-state index contributed by atoms with van der Waals surface area (Å²) in [5.41, 5.74) is 1.95. The lowest BCUT2D eigenvalue weighted by Gasteiger charge is -2.43. The van der Waals surface area contributed by atoms with Crippen LogP contribution in [0.2, 0.25) is 0 Å². The molecule has 0 N–H and O–H groups in total. The molecule has 2 aliphatic carbocycles. The molecule has 0 bridgehead atoms. The summed E-state index contributed by atoms with van der Waals surface area (Å²) >= 11 is 0. The van der Waals surface area contributed by atoms with Crippen LogP contribution >= 0.6 is 0 Å². The maximum absolute atomic E-state index is 14.4. The number of likely N-dealkylation sites (N-methyl/N-ethyl adjacent to an activating group) is 1. The monoisotopic (exact) mass is 458 g/mol. The van der Waals surface area contributed by atoms with Crippen molar-refractivity contribution in [2.45, 2.75) is 50.6 Å². The van der Waals surface area contributed by atoms with Crippen LogP contribution in [0.1, 0.15) is 49.7 Å². The molecular weight excluding hydrogens is 424 g/mol. The molecule has 1 aliphatic heterocycles. The van der Waals surface area contributed by atoms with Crippen molar-refractivity contribution in [3.8, 4) is 0 Å². The van der Waals surface area contributed by atoms with Gasteiger partial charge < -0.3 is 9.64 Å². The number of methoxy groups -OCH3 is 1. The first-order valence-electron chi connectivity index (χ1n) is 12.6. The summed E-state index contributed by atoms with van der Waals surface area (Å²) < 4.78 is 5.33. The summed E-state index contributed by atoms with van der Waals surface area (Å²) in [6.45, 7) is 2.21. The van der Waals surface area contributed by atoms with Crippen molar-refractivity contribution >= 4 is 23.0 Å². The summed E-state index contributed by atoms with van der Waals surface area (Å²) in [5, 5.41) is 0. The molecule has 5 nitrogen and oxygen atoms in total. The van der Waals surface area contributed by atoms with E-state index < -0.39 is 11.4 Å². The van der Waals surface area contributed by atoms with Gasteiger partial charge >= 0.3 is 5.97 Å². The maximum Gasteiger partial charge on any atom is 0.330 e. The van der Waals surface area contributed by atoms with E-state index in [1.165, 1.54) is 26.4 Å². The Bertz CT molecular complexity index is 1020. The van der Waals surface area contributed by atoms with Crippen LogP contribution in [0, 0.1) is 5.41 Å². The Hall–Kier alpha value is -2.92. The zero-order chi connectivity index (χ0) is 23.7. The largest absolute Gasteiger partial charge is 0.468 e. The van der Waals surface area contributed by atoms with E-state index in [2.05, 4.69) is 4.90 Å². The van der Waals surface area contributed by atoms with Crippen molar-refractivity contribution in [3.63, 3.8) is 0 Å². The highest BCUT2D eigenvalue weighted by Gasteiger charge is 2.68. The predicted octanol–water partition coefficient (Wildman–Crippen LogP) is 4.64. The van der Waals surface area contributed by atoms with Gasteiger partial charge in [-0.3, -0.25) is 14.5 Å². The number of hydrogen-bond donors (Lipinski definition) is 0. The van der Waals surface area contributed by atoms with Gasteiger partial charge in [-0.1, -0.05) is 73.5 Å². The number of nitrogens with zero attached hydrogens (tertiary/aromatic N) is 2. The molecule has 0 aromatic heterocycles. The minimum absolute atomic E-state index is 0.107. The van der Waals surface area contributed by atoms with Gasteiger partial charge in [-0.15, -0.1) is 0 Å². The number of ether oxygens (including phenoxy) is 1. The fourth-order valence-electron chi connectivity index (χ4n) is 6.33. The van der Waals surface area contributed by atoms with Crippen molar-refractivity contribution in [2.75, 3.05) is 27.2 Å². The van der Waals surface area contributed by atoms with E-state index in [4.69, 9.17) is 4.74 Å². The van der Waals surface area contributed by atoms with Crippen molar-refractivity contribution in [1.29, 1.82) is 0 Å². The molecule has 1 amide bonds. The zero-order valence-electron chi connectivity index (χ0n) is 20.2. The molecular formula is C29H34N2O3. The third-order valence-corrected chi connectivity index (χ3v) is 8.00. The SMILES string of the molecule is COC(=O)C1(C(=O)N(C)[C@@H]2CCCC[C@H]2N2CCCC2)C(c2ccccc2)=C1c1ccccc1. The molecule has 2 fully saturated rings. The van der Waals surface area contributed by atoms with E-state index >= 15 is 0 Å². The predicted molar refractivity (Wildman–Crippen MR) is 134 cm³/mol. The van der Waals surface area contributed by atoms with E-state index in [1.54, 1.807) is 0 Å². The van der Waals surface area contributed by atoms with Crippen molar-refractivity contribution in [3.05, 3.63) is 71.8 Å². The van der Waals surface area contributed by atoms with Gasteiger partial charge in [0.05, 0.1) is 7.11 Å². The molecule has 2 atom stereocenters. The molecule has 5 heteroatoms. The van der Waals surface area contributed by atoms with Gasteiger partial charge in [0.15, 0.2) is 5.41 Å². The first-order chi connectivity index (χ1) is 16.6. The van der Waals surface area contributed by atoms with Gasteiger partial charge in [0.2, 0.25) is 5.91 Å². The Morgan fingerprint density at radius 3 is 1.91 bits per heavy atom. The first kappa shape index (κ1) is 22.9. The Kier molecular flexibility index (Phi) is 6.30.